The van der Waals surface area contributed by atoms with Gasteiger partial charge in [-0.15, -0.1) is 0 Å². The van der Waals surface area contributed by atoms with Crippen molar-refractivity contribution in [1.82, 2.24) is 0 Å². The predicted octanol–water partition coefficient (Wildman–Crippen LogP) is 2.44. The fourth-order valence-electron chi connectivity index (χ4n) is 1.14. The highest BCUT2D eigenvalue weighted by molar-refractivity contribution is 5.38. The summed E-state index contributed by atoms with van der Waals surface area (Å²) in [6.45, 7) is 4.03. The lowest BCUT2D eigenvalue weighted by atomic mass is 10.1. The minimum atomic E-state index is 0.221. The summed E-state index contributed by atoms with van der Waals surface area (Å²) in [6.07, 6.45) is 2.96. The van der Waals surface area contributed by atoms with E-state index in [1.165, 1.54) is 12.1 Å². The summed E-state index contributed by atoms with van der Waals surface area (Å²) in [5.74, 6) is 0.500. The number of unbranched alkanes of at least 4 members (excludes halogenated alkanes) is 1. The van der Waals surface area contributed by atoms with Crippen LogP contribution in [0, 0.1) is 0 Å². The normalized spacial score (nSPS) is 9.27. The molecular weight excluding hydrogens is 192 g/mol. The van der Waals surface area contributed by atoms with Crippen molar-refractivity contribution >= 4 is 0 Å². The van der Waals surface area contributed by atoms with E-state index in [2.05, 4.69) is 6.92 Å². The van der Waals surface area contributed by atoms with E-state index >= 15 is 0 Å². The van der Waals surface area contributed by atoms with Crippen molar-refractivity contribution in [1.29, 1.82) is 0 Å². The molecule has 86 valence electrons. The zero-order valence-corrected chi connectivity index (χ0v) is 9.40. The van der Waals surface area contributed by atoms with Crippen LogP contribution in [0.1, 0.15) is 32.3 Å². The molecule has 0 spiro atoms. The topological polar surface area (TPSA) is 60.7 Å². The summed E-state index contributed by atoms with van der Waals surface area (Å²) >= 11 is 0. The van der Waals surface area contributed by atoms with Gasteiger partial charge in [0.05, 0.1) is 0 Å². The first-order chi connectivity index (χ1) is 7.15. The fraction of sp³-hybridized carbons (Fsp3) is 0.500. The Hall–Kier alpha value is -1.22. The van der Waals surface area contributed by atoms with E-state index in [0.29, 0.717) is 0 Å². The van der Waals surface area contributed by atoms with Gasteiger partial charge in [-0.3, -0.25) is 0 Å². The van der Waals surface area contributed by atoms with Crippen molar-refractivity contribution in [2.75, 3.05) is 6.61 Å². The van der Waals surface area contributed by atoms with Gasteiger partial charge in [-0.2, -0.15) is 0 Å². The van der Waals surface area contributed by atoms with Crippen LogP contribution in [0.5, 0.6) is 11.5 Å². The summed E-state index contributed by atoms with van der Waals surface area (Å²) in [5.41, 5.74) is 0.830. The molecule has 0 heterocycles. The summed E-state index contributed by atoms with van der Waals surface area (Å²) in [7, 11) is 0. The minimum absolute atomic E-state index is 0.221. The molecule has 0 radical (unpaired) electrons. The highest BCUT2D eigenvalue weighted by Crippen LogP contribution is 2.23. The van der Waals surface area contributed by atoms with Gasteiger partial charge in [-0.1, -0.05) is 13.3 Å². The first-order valence-electron chi connectivity index (χ1n) is 5.27. The Balaban J connectivity index is 0.000000583. The van der Waals surface area contributed by atoms with Gasteiger partial charge in [0.25, 0.3) is 0 Å². The quantitative estimate of drug-likeness (QED) is 0.674. The van der Waals surface area contributed by atoms with Gasteiger partial charge in [0.2, 0.25) is 0 Å². The Labute approximate surface area is 91.0 Å². The molecule has 0 aliphatic heterocycles. The van der Waals surface area contributed by atoms with Gasteiger partial charge in [-0.05, 0) is 43.5 Å². The van der Waals surface area contributed by atoms with E-state index < -0.39 is 0 Å². The number of aliphatic hydroxyl groups is 1. The number of aromatic hydroxyl groups is 2. The van der Waals surface area contributed by atoms with Crippen molar-refractivity contribution in [3.63, 3.8) is 0 Å². The molecular formula is C12H20O3. The summed E-state index contributed by atoms with van der Waals surface area (Å²) in [6, 6.07) is 4.64. The molecule has 0 unspecified atom stereocenters. The van der Waals surface area contributed by atoms with Gasteiger partial charge in [0, 0.05) is 6.61 Å². The second-order valence-electron chi connectivity index (χ2n) is 3.23. The Morgan fingerprint density at radius 2 is 1.73 bits per heavy atom. The van der Waals surface area contributed by atoms with Crippen LogP contribution in [0.3, 0.4) is 0 Å². The Bertz CT molecular complexity index is 272. The minimum Gasteiger partial charge on any atom is -0.508 e. The maximum absolute atomic E-state index is 9.35. The Morgan fingerprint density at radius 1 is 1.13 bits per heavy atom. The molecule has 0 aromatic heterocycles. The van der Waals surface area contributed by atoms with Crippen LogP contribution in [-0.2, 0) is 6.42 Å². The van der Waals surface area contributed by atoms with Crippen LogP contribution in [0.25, 0.3) is 0 Å². The lowest BCUT2D eigenvalue weighted by Gasteiger charge is -2.03. The number of aryl methyl sites for hydroxylation is 1. The van der Waals surface area contributed by atoms with Crippen molar-refractivity contribution in [3.8, 4) is 11.5 Å². The van der Waals surface area contributed by atoms with Crippen molar-refractivity contribution in [2.45, 2.75) is 33.1 Å². The van der Waals surface area contributed by atoms with Crippen LogP contribution in [-0.4, -0.2) is 21.9 Å². The zero-order chi connectivity index (χ0) is 11.7. The highest BCUT2D eigenvalue weighted by atomic mass is 16.3. The lowest BCUT2D eigenvalue weighted by molar-refractivity contribution is 0.318. The van der Waals surface area contributed by atoms with Crippen LogP contribution < -0.4 is 0 Å². The second-order valence-corrected chi connectivity index (χ2v) is 3.23. The van der Waals surface area contributed by atoms with Crippen molar-refractivity contribution in [3.05, 3.63) is 23.8 Å². The van der Waals surface area contributed by atoms with Crippen molar-refractivity contribution < 1.29 is 15.3 Å². The van der Waals surface area contributed by atoms with Crippen LogP contribution in [0.15, 0.2) is 18.2 Å². The van der Waals surface area contributed by atoms with E-state index in [9.17, 15) is 5.11 Å². The summed E-state index contributed by atoms with van der Waals surface area (Å²) in [4.78, 5) is 0. The molecule has 0 aliphatic carbocycles. The SMILES string of the molecule is CCCCc1cc(O)ccc1O.CCO. The zero-order valence-electron chi connectivity index (χ0n) is 9.40. The lowest BCUT2D eigenvalue weighted by Crippen LogP contribution is -1.84. The number of rotatable bonds is 3. The van der Waals surface area contributed by atoms with Crippen LogP contribution in [0.2, 0.25) is 0 Å². The van der Waals surface area contributed by atoms with E-state index in [0.717, 1.165) is 24.8 Å². The first kappa shape index (κ1) is 13.8. The summed E-state index contributed by atoms with van der Waals surface area (Å²) in [5, 5.41) is 26.0. The van der Waals surface area contributed by atoms with Gasteiger partial charge >= 0.3 is 0 Å². The van der Waals surface area contributed by atoms with Gasteiger partial charge in [-0.25, -0.2) is 0 Å². The average Bonchev–Trinajstić information content (AvgIpc) is 2.21. The third kappa shape index (κ3) is 5.96. The van der Waals surface area contributed by atoms with Crippen LogP contribution in [0.4, 0.5) is 0 Å². The smallest absolute Gasteiger partial charge is 0.119 e. The summed E-state index contributed by atoms with van der Waals surface area (Å²) < 4.78 is 0. The number of hydrogen-bond donors (Lipinski definition) is 3. The van der Waals surface area contributed by atoms with Gasteiger partial charge in [0.1, 0.15) is 11.5 Å². The molecule has 0 saturated heterocycles. The molecule has 0 atom stereocenters. The molecule has 0 saturated carbocycles. The second kappa shape index (κ2) is 8.12. The molecule has 0 bridgehead atoms. The average molecular weight is 212 g/mol. The molecule has 1 aromatic rings. The fourth-order valence-corrected chi connectivity index (χ4v) is 1.14. The number of hydrogen-bond acceptors (Lipinski definition) is 3. The Morgan fingerprint density at radius 3 is 2.27 bits per heavy atom. The third-order valence-electron chi connectivity index (χ3n) is 1.86. The maximum atomic E-state index is 9.35. The molecule has 3 heteroatoms. The molecule has 3 nitrogen and oxygen atoms in total. The molecule has 0 fully saturated rings. The van der Waals surface area contributed by atoms with Gasteiger partial charge in [0.15, 0.2) is 0 Å². The van der Waals surface area contributed by atoms with E-state index in [1.54, 1.807) is 13.0 Å². The molecule has 1 aromatic carbocycles. The van der Waals surface area contributed by atoms with E-state index in [4.69, 9.17) is 10.2 Å². The third-order valence-corrected chi connectivity index (χ3v) is 1.86. The molecule has 3 N–H and O–H groups in total. The molecule has 15 heavy (non-hydrogen) atoms. The molecule has 1 rings (SSSR count). The van der Waals surface area contributed by atoms with E-state index in [1.807, 2.05) is 0 Å². The molecule has 0 aliphatic rings. The van der Waals surface area contributed by atoms with Gasteiger partial charge < -0.3 is 15.3 Å². The number of benzene rings is 1. The monoisotopic (exact) mass is 212 g/mol. The predicted molar refractivity (Wildman–Crippen MR) is 61.1 cm³/mol. The highest BCUT2D eigenvalue weighted by Gasteiger charge is 2.00. The maximum Gasteiger partial charge on any atom is 0.119 e. The number of aliphatic hydroxyl groups excluding tert-OH is 1. The van der Waals surface area contributed by atoms with Crippen molar-refractivity contribution in [2.24, 2.45) is 0 Å². The largest absolute Gasteiger partial charge is 0.508 e. The van der Waals surface area contributed by atoms with E-state index in [-0.39, 0.29) is 18.1 Å². The first-order valence-corrected chi connectivity index (χ1v) is 5.27. The Kier molecular flexibility index (Phi) is 7.46. The number of phenols is 2. The number of phenolic OH excluding ortho intramolecular Hbond substituents is 2. The molecule has 0 amide bonds. The standard InChI is InChI=1S/C10H14O2.C2H6O/c1-2-3-4-8-7-9(11)5-6-10(8)12;1-2-3/h5-7,11-12H,2-4H2,1H3;3H,2H2,1H3. The van der Waals surface area contributed by atoms with Crippen LogP contribution >= 0.6 is 0 Å².